The Labute approximate surface area is 208 Å². The SMILES string of the molecule is Cc1cc(C(C)Nc2ccccc2C(=O)O)c2cc(-c3ccc(OC4COC4)cc3)c(C#N)nc2c1. The summed E-state index contributed by atoms with van der Waals surface area (Å²) in [6.07, 6.45) is 0.0823. The number of aryl methyl sites for hydroxylation is 1. The number of nitrogens with one attached hydrogen (secondary N) is 1. The van der Waals surface area contributed by atoms with Gasteiger partial charge in [-0.05, 0) is 66.9 Å². The average Bonchev–Trinajstić information content (AvgIpc) is 2.85. The van der Waals surface area contributed by atoms with Gasteiger partial charge in [-0.1, -0.05) is 30.3 Å². The van der Waals surface area contributed by atoms with Crippen LogP contribution < -0.4 is 10.1 Å². The summed E-state index contributed by atoms with van der Waals surface area (Å²) in [5.41, 5.74) is 5.38. The summed E-state index contributed by atoms with van der Waals surface area (Å²) in [6, 6.07) is 22.5. The van der Waals surface area contributed by atoms with E-state index in [0.717, 1.165) is 38.9 Å². The lowest BCUT2D eigenvalue weighted by Gasteiger charge is -2.26. The van der Waals surface area contributed by atoms with Gasteiger partial charge in [-0.3, -0.25) is 0 Å². The summed E-state index contributed by atoms with van der Waals surface area (Å²) >= 11 is 0. The maximum absolute atomic E-state index is 11.7. The van der Waals surface area contributed by atoms with Gasteiger partial charge in [-0.15, -0.1) is 0 Å². The van der Waals surface area contributed by atoms with Gasteiger partial charge in [0.15, 0.2) is 0 Å². The molecule has 1 aromatic heterocycles. The zero-order valence-corrected chi connectivity index (χ0v) is 20.0. The predicted octanol–water partition coefficient (Wildman–Crippen LogP) is 5.73. The topological polar surface area (TPSA) is 104 Å². The van der Waals surface area contributed by atoms with E-state index in [4.69, 9.17) is 9.47 Å². The van der Waals surface area contributed by atoms with Crippen LogP contribution in [0.1, 0.15) is 40.1 Å². The van der Waals surface area contributed by atoms with Crippen LogP contribution in [0.15, 0.2) is 66.7 Å². The third-order valence-electron chi connectivity index (χ3n) is 6.29. The maximum atomic E-state index is 11.7. The molecule has 5 rings (SSSR count). The highest BCUT2D eigenvalue weighted by Gasteiger charge is 2.21. The highest BCUT2D eigenvalue weighted by atomic mass is 16.6. The third kappa shape index (κ3) is 4.59. The monoisotopic (exact) mass is 479 g/mol. The number of aromatic carboxylic acids is 1. The molecule has 4 aromatic rings. The minimum Gasteiger partial charge on any atom is -0.486 e. The molecular weight excluding hydrogens is 454 g/mol. The fraction of sp³-hybridized carbons (Fsp3) is 0.207. The van der Waals surface area contributed by atoms with E-state index >= 15 is 0 Å². The van der Waals surface area contributed by atoms with E-state index in [0.29, 0.717) is 24.6 Å². The Morgan fingerprint density at radius 3 is 2.58 bits per heavy atom. The zero-order valence-electron chi connectivity index (χ0n) is 20.0. The first-order chi connectivity index (χ1) is 17.4. The Hall–Kier alpha value is -4.41. The molecule has 2 heterocycles. The molecule has 180 valence electrons. The first kappa shape index (κ1) is 23.3. The molecule has 1 atom stereocenters. The minimum absolute atomic E-state index is 0.0823. The molecule has 3 aromatic carbocycles. The number of fused-ring (bicyclic) bond motifs is 1. The van der Waals surface area contributed by atoms with Crippen molar-refractivity contribution in [2.24, 2.45) is 0 Å². The van der Waals surface area contributed by atoms with E-state index in [1.165, 1.54) is 0 Å². The highest BCUT2D eigenvalue weighted by Crippen LogP contribution is 2.34. The zero-order chi connectivity index (χ0) is 25.2. The lowest BCUT2D eigenvalue weighted by molar-refractivity contribution is -0.0796. The summed E-state index contributed by atoms with van der Waals surface area (Å²) in [5.74, 6) is -0.232. The van der Waals surface area contributed by atoms with Crippen LogP contribution in [-0.2, 0) is 4.74 Å². The summed E-state index contributed by atoms with van der Waals surface area (Å²) in [6.45, 7) is 5.16. The Morgan fingerprint density at radius 2 is 1.92 bits per heavy atom. The second-order valence-corrected chi connectivity index (χ2v) is 8.94. The molecule has 0 saturated carbocycles. The van der Waals surface area contributed by atoms with Crippen LogP contribution in [0, 0.1) is 18.3 Å². The Morgan fingerprint density at radius 1 is 1.17 bits per heavy atom. The second-order valence-electron chi connectivity index (χ2n) is 8.94. The number of nitriles is 1. The van der Waals surface area contributed by atoms with Gasteiger partial charge in [0.1, 0.15) is 23.6 Å². The Kier molecular flexibility index (Phi) is 6.28. The number of carboxylic acids is 1. The Bertz CT molecular complexity index is 1490. The number of ether oxygens (including phenoxy) is 2. The molecule has 1 aliphatic heterocycles. The number of aromatic nitrogens is 1. The third-order valence-corrected chi connectivity index (χ3v) is 6.29. The largest absolute Gasteiger partial charge is 0.486 e. The summed E-state index contributed by atoms with van der Waals surface area (Å²) in [5, 5.41) is 23.7. The number of rotatable bonds is 7. The maximum Gasteiger partial charge on any atom is 0.337 e. The average molecular weight is 480 g/mol. The van der Waals surface area contributed by atoms with Gasteiger partial charge in [0.2, 0.25) is 0 Å². The van der Waals surface area contributed by atoms with Crippen molar-refractivity contribution in [2.45, 2.75) is 26.0 Å². The van der Waals surface area contributed by atoms with Crippen LogP contribution in [0.25, 0.3) is 22.0 Å². The fourth-order valence-corrected chi connectivity index (χ4v) is 4.41. The number of carboxylic acid groups (broad SMARTS) is 1. The van der Waals surface area contributed by atoms with Crippen molar-refractivity contribution in [2.75, 3.05) is 18.5 Å². The number of hydrogen-bond acceptors (Lipinski definition) is 6. The first-order valence-electron chi connectivity index (χ1n) is 11.7. The van der Waals surface area contributed by atoms with E-state index in [1.54, 1.807) is 24.3 Å². The number of hydrogen-bond donors (Lipinski definition) is 2. The van der Waals surface area contributed by atoms with E-state index in [1.807, 2.05) is 50.2 Å². The smallest absolute Gasteiger partial charge is 0.337 e. The molecule has 7 nitrogen and oxygen atoms in total. The standard InChI is InChI=1S/C29H25N3O4/c1-17-11-23(18(2)31-26-6-4-3-5-22(26)29(33)34)25-13-24(28(14-30)32-27(25)12-17)19-7-9-20(10-8-19)36-21-15-35-16-21/h3-13,18,21,31H,15-16H2,1-2H3,(H,33,34). The number of nitrogens with zero attached hydrogens (tertiary/aromatic N) is 2. The number of benzene rings is 3. The summed E-state index contributed by atoms with van der Waals surface area (Å²) < 4.78 is 11.0. The van der Waals surface area contributed by atoms with Gasteiger partial charge >= 0.3 is 5.97 Å². The molecular formula is C29H25N3O4. The van der Waals surface area contributed by atoms with Gasteiger partial charge in [-0.25, -0.2) is 9.78 Å². The highest BCUT2D eigenvalue weighted by molar-refractivity contribution is 5.94. The van der Waals surface area contributed by atoms with Gasteiger partial charge in [0.25, 0.3) is 0 Å². The molecule has 1 saturated heterocycles. The van der Waals surface area contributed by atoms with Crippen molar-refractivity contribution in [1.82, 2.24) is 4.98 Å². The lowest BCUT2D eigenvalue weighted by atomic mass is 9.95. The van der Waals surface area contributed by atoms with Gasteiger partial charge in [0, 0.05) is 22.7 Å². The molecule has 0 spiro atoms. The molecule has 0 aliphatic carbocycles. The van der Waals surface area contributed by atoms with Crippen LogP contribution in [0.5, 0.6) is 5.75 Å². The summed E-state index contributed by atoms with van der Waals surface area (Å²) in [7, 11) is 0. The van der Waals surface area contributed by atoms with E-state index in [2.05, 4.69) is 22.4 Å². The van der Waals surface area contributed by atoms with Gasteiger partial charge < -0.3 is 19.9 Å². The number of anilines is 1. The van der Waals surface area contributed by atoms with Crippen LogP contribution in [0.3, 0.4) is 0 Å². The van der Waals surface area contributed by atoms with Crippen LogP contribution in [0.4, 0.5) is 5.69 Å². The van der Waals surface area contributed by atoms with Gasteiger partial charge in [0.05, 0.1) is 24.3 Å². The molecule has 0 bridgehead atoms. The van der Waals surface area contributed by atoms with Gasteiger partial charge in [-0.2, -0.15) is 5.26 Å². The van der Waals surface area contributed by atoms with Crippen molar-refractivity contribution in [1.29, 1.82) is 5.26 Å². The molecule has 7 heteroatoms. The van der Waals surface area contributed by atoms with E-state index in [9.17, 15) is 15.2 Å². The number of para-hydroxylation sites is 1. The molecule has 0 radical (unpaired) electrons. The number of pyridine rings is 1. The van der Waals surface area contributed by atoms with Crippen molar-refractivity contribution >= 4 is 22.6 Å². The molecule has 1 fully saturated rings. The predicted molar refractivity (Wildman–Crippen MR) is 137 cm³/mol. The van der Waals surface area contributed by atoms with Crippen molar-refractivity contribution in [3.05, 3.63) is 89.1 Å². The Balaban J connectivity index is 1.55. The van der Waals surface area contributed by atoms with Crippen LogP contribution >= 0.6 is 0 Å². The van der Waals surface area contributed by atoms with Crippen LogP contribution in [-0.4, -0.2) is 35.4 Å². The number of carbonyl (C=O) groups is 1. The van der Waals surface area contributed by atoms with Crippen LogP contribution in [0.2, 0.25) is 0 Å². The molecule has 2 N–H and O–H groups in total. The molecule has 1 unspecified atom stereocenters. The fourth-order valence-electron chi connectivity index (χ4n) is 4.41. The van der Waals surface area contributed by atoms with E-state index in [-0.39, 0.29) is 17.7 Å². The molecule has 0 amide bonds. The minimum atomic E-state index is -0.987. The normalized spacial score (nSPS) is 14.0. The van der Waals surface area contributed by atoms with Crippen molar-refractivity contribution < 1.29 is 19.4 Å². The first-order valence-corrected chi connectivity index (χ1v) is 11.7. The quantitative estimate of drug-likeness (QED) is 0.349. The molecule has 36 heavy (non-hydrogen) atoms. The van der Waals surface area contributed by atoms with Crippen molar-refractivity contribution in [3.8, 4) is 22.9 Å². The second kappa shape index (κ2) is 9.68. The van der Waals surface area contributed by atoms with Crippen molar-refractivity contribution in [3.63, 3.8) is 0 Å². The lowest BCUT2D eigenvalue weighted by Crippen LogP contribution is -2.38. The van der Waals surface area contributed by atoms with E-state index < -0.39 is 5.97 Å². The molecule has 1 aliphatic rings. The summed E-state index contributed by atoms with van der Waals surface area (Å²) in [4.78, 5) is 16.4.